The predicted octanol–water partition coefficient (Wildman–Crippen LogP) is 2.65. The van der Waals surface area contributed by atoms with E-state index in [1.54, 1.807) is 10.6 Å². The summed E-state index contributed by atoms with van der Waals surface area (Å²) < 4.78 is 1.58. The van der Waals surface area contributed by atoms with Crippen LogP contribution in [-0.2, 0) is 0 Å². The summed E-state index contributed by atoms with van der Waals surface area (Å²) >= 11 is 0. The molecule has 138 valence electrons. The van der Waals surface area contributed by atoms with Gasteiger partial charge in [0.15, 0.2) is 0 Å². The number of benzene rings is 2. The number of hydrogen-bond donors (Lipinski definition) is 0. The maximum absolute atomic E-state index is 13.1. The molecule has 1 aliphatic heterocycles. The Balaban J connectivity index is 1.96. The highest BCUT2D eigenvalue weighted by Gasteiger charge is 2.20. The lowest BCUT2D eigenvalue weighted by atomic mass is 10.1. The van der Waals surface area contributed by atoms with E-state index in [-0.39, 0.29) is 11.2 Å². The first-order valence-electron chi connectivity index (χ1n) is 8.87. The smallest absolute Gasteiger partial charge is 0.270 e. The highest BCUT2D eigenvalue weighted by molar-refractivity contribution is 5.95. The van der Waals surface area contributed by atoms with Crippen LogP contribution in [-0.4, -0.2) is 47.6 Å². The second-order valence-corrected chi connectivity index (χ2v) is 6.80. The third kappa shape index (κ3) is 3.17. The number of anilines is 1. The zero-order valence-corrected chi connectivity index (χ0v) is 15.0. The Morgan fingerprint density at radius 2 is 1.67 bits per heavy atom. The summed E-state index contributed by atoms with van der Waals surface area (Å²) in [4.78, 5) is 28.4. The molecular weight excluding hydrogens is 344 g/mol. The van der Waals surface area contributed by atoms with E-state index in [0.717, 1.165) is 42.9 Å². The van der Waals surface area contributed by atoms with Gasteiger partial charge in [0.2, 0.25) is 0 Å². The van der Waals surface area contributed by atoms with Gasteiger partial charge >= 0.3 is 0 Å². The van der Waals surface area contributed by atoms with Gasteiger partial charge in [0.1, 0.15) is 0 Å². The molecule has 7 heteroatoms. The van der Waals surface area contributed by atoms with Crippen molar-refractivity contribution in [1.29, 1.82) is 0 Å². The third-order valence-corrected chi connectivity index (χ3v) is 5.07. The lowest BCUT2D eigenvalue weighted by Gasteiger charge is -2.34. The maximum atomic E-state index is 13.1. The van der Waals surface area contributed by atoms with E-state index in [9.17, 15) is 14.9 Å². The predicted molar refractivity (Wildman–Crippen MR) is 106 cm³/mol. The van der Waals surface area contributed by atoms with E-state index in [1.165, 1.54) is 12.1 Å². The summed E-state index contributed by atoms with van der Waals surface area (Å²) in [7, 11) is 2.09. The number of aromatic nitrogens is 1. The van der Waals surface area contributed by atoms with Crippen molar-refractivity contribution < 1.29 is 4.92 Å². The average molecular weight is 364 g/mol. The second-order valence-electron chi connectivity index (χ2n) is 6.80. The zero-order chi connectivity index (χ0) is 19.0. The normalized spacial score (nSPS) is 15.2. The molecular formula is C20H20N4O3. The SMILES string of the molecule is CN1CCN(c2cn(-c3ccccc3)c(=O)c3cc([N+](=O)[O-])ccc23)CC1. The molecule has 0 N–H and O–H groups in total. The summed E-state index contributed by atoms with van der Waals surface area (Å²) in [6.07, 6.45) is 1.86. The van der Waals surface area contributed by atoms with Gasteiger partial charge in [0, 0.05) is 55.6 Å². The molecule has 0 atom stereocenters. The minimum absolute atomic E-state index is 0.0743. The summed E-state index contributed by atoms with van der Waals surface area (Å²) in [5.41, 5.74) is 1.34. The molecule has 1 aliphatic rings. The second kappa shape index (κ2) is 6.85. The minimum atomic E-state index is -0.464. The molecule has 0 unspecified atom stereocenters. The van der Waals surface area contributed by atoms with E-state index in [0.29, 0.717) is 5.39 Å². The lowest BCUT2D eigenvalue weighted by Crippen LogP contribution is -2.45. The van der Waals surface area contributed by atoms with Crippen LogP contribution in [0, 0.1) is 10.1 Å². The number of non-ortho nitro benzene ring substituents is 1. The monoisotopic (exact) mass is 364 g/mol. The van der Waals surface area contributed by atoms with Crippen molar-refractivity contribution in [3.63, 3.8) is 0 Å². The van der Waals surface area contributed by atoms with Gasteiger partial charge in [-0.2, -0.15) is 0 Å². The maximum Gasteiger partial charge on any atom is 0.270 e. The van der Waals surface area contributed by atoms with Crippen LogP contribution in [0.25, 0.3) is 16.5 Å². The Labute approximate surface area is 156 Å². The molecule has 1 fully saturated rings. The van der Waals surface area contributed by atoms with Crippen molar-refractivity contribution in [2.24, 2.45) is 0 Å². The number of rotatable bonds is 3. The van der Waals surface area contributed by atoms with Crippen LogP contribution in [0.5, 0.6) is 0 Å². The fraction of sp³-hybridized carbons (Fsp3) is 0.250. The molecule has 0 aliphatic carbocycles. The Bertz CT molecular complexity index is 1050. The van der Waals surface area contributed by atoms with Crippen LogP contribution >= 0.6 is 0 Å². The molecule has 0 bridgehead atoms. The van der Waals surface area contributed by atoms with E-state index < -0.39 is 4.92 Å². The molecule has 0 amide bonds. The number of piperazine rings is 1. The van der Waals surface area contributed by atoms with Crippen LogP contribution < -0.4 is 10.5 Å². The fourth-order valence-corrected chi connectivity index (χ4v) is 3.51. The van der Waals surface area contributed by atoms with Crippen molar-refractivity contribution >= 4 is 22.1 Å². The van der Waals surface area contributed by atoms with Gasteiger partial charge in [0.05, 0.1) is 16.0 Å². The van der Waals surface area contributed by atoms with Gasteiger partial charge in [-0.1, -0.05) is 18.2 Å². The van der Waals surface area contributed by atoms with Crippen LogP contribution in [0.3, 0.4) is 0 Å². The molecule has 4 rings (SSSR count). The third-order valence-electron chi connectivity index (χ3n) is 5.07. The van der Waals surface area contributed by atoms with Gasteiger partial charge in [-0.05, 0) is 25.2 Å². The van der Waals surface area contributed by atoms with Gasteiger partial charge < -0.3 is 9.80 Å². The summed E-state index contributed by atoms with van der Waals surface area (Å²) in [5, 5.41) is 12.3. The van der Waals surface area contributed by atoms with Gasteiger partial charge in [-0.15, -0.1) is 0 Å². The lowest BCUT2D eigenvalue weighted by molar-refractivity contribution is -0.384. The van der Waals surface area contributed by atoms with Crippen molar-refractivity contribution in [2.75, 3.05) is 38.1 Å². The average Bonchev–Trinajstić information content (AvgIpc) is 2.69. The molecule has 0 saturated carbocycles. The van der Waals surface area contributed by atoms with Crippen molar-refractivity contribution in [3.8, 4) is 5.69 Å². The van der Waals surface area contributed by atoms with E-state index in [2.05, 4.69) is 16.8 Å². The minimum Gasteiger partial charge on any atom is -0.367 e. The number of pyridine rings is 1. The van der Waals surface area contributed by atoms with Gasteiger partial charge in [-0.3, -0.25) is 19.5 Å². The van der Waals surface area contributed by atoms with E-state index >= 15 is 0 Å². The largest absolute Gasteiger partial charge is 0.367 e. The van der Waals surface area contributed by atoms with Gasteiger partial charge in [-0.25, -0.2) is 0 Å². The first-order chi connectivity index (χ1) is 13.0. The number of likely N-dealkylation sites (N-methyl/N-ethyl adjacent to an activating group) is 1. The number of nitrogens with zero attached hydrogens (tertiary/aromatic N) is 4. The molecule has 27 heavy (non-hydrogen) atoms. The Kier molecular flexibility index (Phi) is 4.37. The standard InChI is InChI=1S/C20H20N4O3/c1-21-9-11-22(12-10-21)19-14-23(15-5-3-2-4-6-15)20(25)18-13-16(24(26)27)7-8-17(18)19/h2-8,13-14H,9-12H2,1H3. The highest BCUT2D eigenvalue weighted by Crippen LogP contribution is 2.29. The number of nitro benzene ring substituents is 1. The fourth-order valence-electron chi connectivity index (χ4n) is 3.51. The molecule has 1 aromatic heterocycles. The summed E-state index contributed by atoms with van der Waals surface area (Å²) in [6, 6.07) is 13.9. The van der Waals surface area contributed by atoms with E-state index in [4.69, 9.17) is 0 Å². The molecule has 3 aromatic rings. The Morgan fingerprint density at radius 3 is 2.33 bits per heavy atom. The van der Waals surface area contributed by atoms with Crippen LogP contribution in [0.15, 0.2) is 59.5 Å². The number of para-hydroxylation sites is 1. The summed E-state index contributed by atoms with van der Waals surface area (Å²) in [6.45, 7) is 3.54. The molecule has 2 heterocycles. The molecule has 2 aromatic carbocycles. The number of hydrogen-bond acceptors (Lipinski definition) is 5. The van der Waals surface area contributed by atoms with Crippen molar-refractivity contribution in [2.45, 2.75) is 0 Å². The topological polar surface area (TPSA) is 71.6 Å². The van der Waals surface area contributed by atoms with Crippen molar-refractivity contribution in [3.05, 3.63) is 75.2 Å². The Hall–Kier alpha value is -3.19. The van der Waals surface area contributed by atoms with Crippen LogP contribution in [0.2, 0.25) is 0 Å². The Morgan fingerprint density at radius 1 is 0.963 bits per heavy atom. The quantitative estimate of drug-likeness (QED) is 0.528. The molecule has 0 spiro atoms. The molecule has 0 radical (unpaired) electrons. The molecule has 7 nitrogen and oxygen atoms in total. The van der Waals surface area contributed by atoms with E-state index in [1.807, 2.05) is 36.5 Å². The number of fused-ring (bicyclic) bond motifs is 1. The first-order valence-corrected chi connectivity index (χ1v) is 8.87. The zero-order valence-electron chi connectivity index (χ0n) is 15.0. The van der Waals surface area contributed by atoms with Crippen LogP contribution in [0.1, 0.15) is 0 Å². The number of nitro groups is 1. The van der Waals surface area contributed by atoms with Crippen LogP contribution in [0.4, 0.5) is 11.4 Å². The molecule has 1 saturated heterocycles. The van der Waals surface area contributed by atoms with Crippen molar-refractivity contribution in [1.82, 2.24) is 9.47 Å². The van der Waals surface area contributed by atoms with Gasteiger partial charge in [0.25, 0.3) is 11.2 Å². The first kappa shape index (κ1) is 17.2. The highest BCUT2D eigenvalue weighted by atomic mass is 16.6. The summed E-state index contributed by atoms with van der Waals surface area (Å²) in [5.74, 6) is 0.